The predicted molar refractivity (Wildman–Crippen MR) is 61.5 cm³/mol. The van der Waals surface area contributed by atoms with Gasteiger partial charge in [-0.25, -0.2) is 0 Å². The van der Waals surface area contributed by atoms with E-state index in [0.29, 0.717) is 22.9 Å². The van der Waals surface area contributed by atoms with Gasteiger partial charge >= 0.3 is 0 Å². The van der Waals surface area contributed by atoms with Crippen molar-refractivity contribution in [2.24, 2.45) is 22.2 Å². The summed E-state index contributed by atoms with van der Waals surface area (Å²) >= 11 is 0. The monoisotopic (exact) mass is 208 g/mol. The highest BCUT2D eigenvalue weighted by Gasteiger charge is 2.59. The van der Waals surface area contributed by atoms with Crippen LogP contribution in [0.5, 0.6) is 0 Å². The van der Waals surface area contributed by atoms with Crippen LogP contribution in [0.15, 0.2) is 0 Å². The van der Waals surface area contributed by atoms with Crippen LogP contribution in [0.4, 0.5) is 0 Å². The molecule has 1 N–H and O–H groups in total. The number of hydrogen-bond acceptors (Lipinski definition) is 1. The van der Waals surface area contributed by atoms with Crippen molar-refractivity contribution in [2.75, 3.05) is 6.61 Å². The number of hydrogen-bond donors (Lipinski definition) is 1. The van der Waals surface area contributed by atoms with Crippen molar-refractivity contribution in [1.29, 1.82) is 0 Å². The van der Waals surface area contributed by atoms with E-state index in [9.17, 15) is 5.11 Å². The van der Waals surface area contributed by atoms with Gasteiger partial charge in [0.25, 0.3) is 0 Å². The first kappa shape index (κ1) is 10.1. The zero-order chi connectivity index (χ0) is 10.7. The summed E-state index contributed by atoms with van der Waals surface area (Å²) in [5.41, 5.74) is 1.75. The Balaban J connectivity index is 1.94. The van der Waals surface area contributed by atoms with Gasteiger partial charge in [0.05, 0.1) is 0 Å². The second kappa shape index (κ2) is 2.80. The van der Waals surface area contributed by atoms with E-state index < -0.39 is 0 Å². The first-order valence-electron chi connectivity index (χ1n) is 6.58. The van der Waals surface area contributed by atoms with E-state index in [1.54, 1.807) is 0 Å². The number of aliphatic hydroxyl groups is 1. The molecule has 4 aliphatic carbocycles. The lowest BCUT2D eigenvalue weighted by atomic mass is 9.40. The third-order valence-electron chi connectivity index (χ3n) is 5.38. The molecule has 4 aliphatic rings. The van der Waals surface area contributed by atoms with E-state index in [1.165, 1.54) is 38.5 Å². The fourth-order valence-corrected chi connectivity index (χ4v) is 6.20. The lowest BCUT2D eigenvalue weighted by Gasteiger charge is -2.65. The molecule has 1 nitrogen and oxygen atoms in total. The van der Waals surface area contributed by atoms with Crippen molar-refractivity contribution in [3.05, 3.63) is 0 Å². The lowest BCUT2D eigenvalue weighted by Crippen LogP contribution is -2.55. The molecule has 0 spiro atoms. The Morgan fingerprint density at radius 2 is 1.60 bits per heavy atom. The molecule has 2 unspecified atom stereocenters. The Morgan fingerprint density at radius 3 is 2.07 bits per heavy atom. The molecule has 0 aromatic rings. The molecule has 0 amide bonds. The van der Waals surface area contributed by atoms with E-state index in [-0.39, 0.29) is 0 Å². The Morgan fingerprint density at radius 1 is 1.00 bits per heavy atom. The normalized spacial score (nSPS) is 57.4. The van der Waals surface area contributed by atoms with E-state index >= 15 is 0 Å². The first-order valence-corrected chi connectivity index (χ1v) is 6.58. The minimum atomic E-state index is 0.402. The van der Waals surface area contributed by atoms with Crippen LogP contribution in [-0.2, 0) is 0 Å². The van der Waals surface area contributed by atoms with Crippen molar-refractivity contribution >= 4 is 0 Å². The first-order chi connectivity index (χ1) is 6.97. The van der Waals surface area contributed by atoms with Crippen molar-refractivity contribution < 1.29 is 5.11 Å². The topological polar surface area (TPSA) is 20.2 Å². The van der Waals surface area contributed by atoms with Gasteiger partial charge in [0.2, 0.25) is 0 Å². The van der Waals surface area contributed by atoms with Gasteiger partial charge in [-0.1, -0.05) is 13.8 Å². The Bertz CT molecular complexity index is 265. The Hall–Kier alpha value is -0.0400. The van der Waals surface area contributed by atoms with Gasteiger partial charge in [-0.3, -0.25) is 0 Å². The van der Waals surface area contributed by atoms with Crippen LogP contribution in [-0.4, -0.2) is 11.7 Å². The van der Waals surface area contributed by atoms with Gasteiger partial charge in [0, 0.05) is 6.61 Å². The molecule has 4 atom stereocenters. The predicted octanol–water partition coefficient (Wildman–Crippen LogP) is 3.37. The van der Waals surface area contributed by atoms with Crippen molar-refractivity contribution in [1.82, 2.24) is 0 Å². The highest BCUT2D eigenvalue weighted by molar-refractivity contribution is 5.10. The molecular weight excluding hydrogens is 184 g/mol. The van der Waals surface area contributed by atoms with Gasteiger partial charge in [0.1, 0.15) is 0 Å². The van der Waals surface area contributed by atoms with Crippen LogP contribution in [0.25, 0.3) is 0 Å². The molecule has 1 heteroatoms. The Kier molecular flexibility index (Phi) is 1.89. The molecule has 0 aromatic heterocycles. The molecule has 4 saturated carbocycles. The van der Waals surface area contributed by atoms with Crippen LogP contribution >= 0.6 is 0 Å². The second-order valence-electron chi connectivity index (χ2n) is 7.60. The molecule has 4 bridgehead atoms. The molecule has 4 fully saturated rings. The van der Waals surface area contributed by atoms with Crippen molar-refractivity contribution in [2.45, 2.75) is 58.8 Å². The summed E-state index contributed by atoms with van der Waals surface area (Å²) < 4.78 is 0. The molecule has 0 heterocycles. The second-order valence-corrected chi connectivity index (χ2v) is 7.60. The molecule has 0 aromatic carbocycles. The minimum absolute atomic E-state index is 0.402. The van der Waals surface area contributed by atoms with Crippen LogP contribution in [0.2, 0.25) is 0 Å². The van der Waals surface area contributed by atoms with Gasteiger partial charge in [-0.05, 0) is 67.1 Å². The quantitative estimate of drug-likeness (QED) is 0.737. The fraction of sp³-hybridized carbons (Fsp3) is 1.00. The third kappa shape index (κ3) is 1.46. The van der Waals surface area contributed by atoms with Crippen molar-refractivity contribution in [3.63, 3.8) is 0 Å². The van der Waals surface area contributed by atoms with Gasteiger partial charge < -0.3 is 5.11 Å². The molecule has 0 aliphatic heterocycles. The summed E-state index contributed by atoms with van der Waals surface area (Å²) in [6.45, 7) is 5.41. The average Bonchev–Trinajstić information content (AvgIpc) is 1.94. The number of rotatable bonds is 2. The largest absolute Gasteiger partial charge is 0.396 e. The summed E-state index contributed by atoms with van der Waals surface area (Å²) in [5.74, 6) is 0.975. The fourth-order valence-electron chi connectivity index (χ4n) is 6.20. The van der Waals surface area contributed by atoms with Gasteiger partial charge in [-0.2, -0.15) is 0 Å². The maximum absolute atomic E-state index is 9.29. The standard InChI is InChI=1S/C14H24O/c1-12-5-11-6-13(2,8-12)10-14(7-11,9-12)3-4-15/h11,15H,3-10H2,1-2H3/t11?,12-,13+,14?. The summed E-state index contributed by atoms with van der Waals surface area (Å²) in [5, 5.41) is 9.29. The highest BCUT2D eigenvalue weighted by Crippen LogP contribution is 2.70. The van der Waals surface area contributed by atoms with Crippen LogP contribution in [0.3, 0.4) is 0 Å². The average molecular weight is 208 g/mol. The summed E-state index contributed by atoms with van der Waals surface area (Å²) in [4.78, 5) is 0. The van der Waals surface area contributed by atoms with E-state index in [2.05, 4.69) is 13.8 Å². The molecule has 0 saturated heterocycles. The zero-order valence-electron chi connectivity index (χ0n) is 10.2. The Labute approximate surface area is 93.3 Å². The van der Waals surface area contributed by atoms with Crippen LogP contribution in [0, 0.1) is 22.2 Å². The SMILES string of the molecule is C[C@]12CC3CC(CCO)(C1)C[C@@](C)(C3)C2. The molecule has 4 rings (SSSR count). The highest BCUT2D eigenvalue weighted by atomic mass is 16.3. The van der Waals surface area contributed by atoms with Crippen LogP contribution < -0.4 is 0 Å². The molecule has 86 valence electrons. The molecule has 0 radical (unpaired) electrons. The third-order valence-corrected chi connectivity index (χ3v) is 5.38. The summed E-state index contributed by atoms with van der Waals surface area (Å²) in [7, 11) is 0. The summed E-state index contributed by atoms with van der Waals surface area (Å²) in [6.07, 6.45) is 9.65. The van der Waals surface area contributed by atoms with E-state index in [1.807, 2.05) is 0 Å². The maximum atomic E-state index is 9.29. The minimum Gasteiger partial charge on any atom is -0.396 e. The van der Waals surface area contributed by atoms with E-state index in [4.69, 9.17) is 0 Å². The van der Waals surface area contributed by atoms with Gasteiger partial charge in [0.15, 0.2) is 0 Å². The van der Waals surface area contributed by atoms with Gasteiger partial charge in [-0.15, -0.1) is 0 Å². The number of aliphatic hydroxyl groups excluding tert-OH is 1. The van der Waals surface area contributed by atoms with E-state index in [0.717, 1.165) is 12.3 Å². The lowest BCUT2D eigenvalue weighted by molar-refractivity contribution is -0.150. The molecule has 15 heavy (non-hydrogen) atoms. The van der Waals surface area contributed by atoms with Crippen LogP contribution in [0.1, 0.15) is 58.8 Å². The smallest absolute Gasteiger partial charge is 0.0436 e. The van der Waals surface area contributed by atoms with Crippen molar-refractivity contribution in [3.8, 4) is 0 Å². The molecular formula is C14H24O. The zero-order valence-corrected chi connectivity index (χ0v) is 10.2. The maximum Gasteiger partial charge on any atom is 0.0436 e. The summed E-state index contributed by atoms with van der Waals surface area (Å²) in [6, 6.07) is 0.